The van der Waals surface area contributed by atoms with Gasteiger partial charge >= 0.3 is 0 Å². The molecular formula is C42H26S. The maximum absolute atomic E-state index is 2.40. The van der Waals surface area contributed by atoms with Crippen molar-refractivity contribution in [3.05, 3.63) is 158 Å². The van der Waals surface area contributed by atoms with Gasteiger partial charge in [-0.25, -0.2) is 0 Å². The zero-order chi connectivity index (χ0) is 28.3. The van der Waals surface area contributed by atoms with E-state index < -0.39 is 0 Å². The van der Waals surface area contributed by atoms with E-state index in [1.807, 2.05) is 11.3 Å². The van der Waals surface area contributed by atoms with Gasteiger partial charge in [-0.05, 0) is 83.9 Å². The first kappa shape index (κ1) is 24.4. The Morgan fingerprint density at radius 3 is 1.53 bits per heavy atom. The molecule has 0 nitrogen and oxygen atoms in total. The van der Waals surface area contributed by atoms with Gasteiger partial charge in [0.25, 0.3) is 0 Å². The van der Waals surface area contributed by atoms with Gasteiger partial charge in [-0.1, -0.05) is 140 Å². The summed E-state index contributed by atoms with van der Waals surface area (Å²) in [7, 11) is 0. The lowest BCUT2D eigenvalue weighted by Crippen LogP contribution is -1.91. The van der Waals surface area contributed by atoms with Gasteiger partial charge in [0.05, 0.1) is 0 Å². The van der Waals surface area contributed by atoms with E-state index in [-0.39, 0.29) is 0 Å². The molecule has 0 atom stereocenters. The third kappa shape index (κ3) is 3.82. The second-order valence-corrected chi connectivity index (χ2v) is 12.3. The minimum absolute atomic E-state index is 1.24. The van der Waals surface area contributed by atoms with Crippen LogP contribution in [0.15, 0.2) is 158 Å². The normalized spacial score (nSPS) is 11.7. The van der Waals surface area contributed by atoms with Crippen LogP contribution in [0.3, 0.4) is 0 Å². The van der Waals surface area contributed by atoms with Crippen molar-refractivity contribution >= 4 is 63.8 Å². The number of rotatable bonds is 3. The number of thiophene rings is 1. The molecule has 0 aliphatic carbocycles. The molecule has 0 aliphatic rings. The van der Waals surface area contributed by atoms with Crippen LogP contribution in [0.1, 0.15) is 0 Å². The molecule has 1 aromatic heterocycles. The second kappa shape index (κ2) is 9.66. The Bertz CT molecular complexity index is 2450. The minimum atomic E-state index is 1.24. The highest BCUT2D eigenvalue weighted by atomic mass is 32.1. The van der Waals surface area contributed by atoms with Gasteiger partial charge in [0.2, 0.25) is 0 Å². The van der Waals surface area contributed by atoms with E-state index >= 15 is 0 Å². The van der Waals surface area contributed by atoms with E-state index in [0.29, 0.717) is 0 Å². The van der Waals surface area contributed by atoms with Crippen molar-refractivity contribution in [2.24, 2.45) is 0 Å². The summed E-state index contributed by atoms with van der Waals surface area (Å²) >= 11 is 1.88. The maximum atomic E-state index is 2.40. The van der Waals surface area contributed by atoms with Crippen molar-refractivity contribution < 1.29 is 0 Å². The molecular weight excluding hydrogens is 537 g/mol. The molecule has 1 heteroatoms. The molecule has 9 aromatic rings. The summed E-state index contributed by atoms with van der Waals surface area (Å²) < 4.78 is 2.67. The second-order valence-electron chi connectivity index (χ2n) is 11.3. The van der Waals surface area contributed by atoms with E-state index in [2.05, 4.69) is 158 Å². The van der Waals surface area contributed by atoms with Crippen molar-refractivity contribution in [3.8, 4) is 33.4 Å². The fourth-order valence-electron chi connectivity index (χ4n) is 6.95. The average molecular weight is 563 g/mol. The first-order valence-corrected chi connectivity index (χ1v) is 15.6. The molecule has 0 aliphatic heterocycles. The van der Waals surface area contributed by atoms with Gasteiger partial charge in [-0.3, -0.25) is 0 Å². The molecule has 43 heavy (non-hydrogen) atoms. The molecule has 0 saturated heterocycles. The molecule has 0 spiro atoms. The van der Waals surface area contributed by atoms with Crippen LogP contribution in [0, 0.1) is 0 Å². The summed E-state index contributed by atoms with van der Waals surface area (Å²) in [5, 5.41) is 10.3. The zero-order valence-corrected chi connectivity index (χ0v) is 24.2. The smallest absolute Gasteiger partial charge is 0.0361 e. The highest BCUT2D eigenvalue weighted by Gasteiger charge is 2.18. The zero-order valence-electron chi connectivity index (χ0n) is 23.4. The van der Waals surface area contributed by atoms with Gasteiger partial charge in [-0.15, -0.1) is 11.3 Å². The Balaban J connectivity index is 1.31. The Hall–Kier alpha value is -5.24. The Labute approximate surface area is 254 Å². The Morgan fingerprint density at radius 2 is 0.814 bits per heavy atom. The van der Waals surface area contributed by atoms with E-state index in [9.17, 15) is 0 Å². The molecule has 0 amide bonds. The van der Waals surface area contributed by atoms with Crippen LogP contribution in [0.4, 0.5) is 0 Å². The van der Waals surface area contributed by atoms with Crippen LogP contribution in [0.5, 0.6) is 0 Å². The third-order valence-corrected chi connectivity index (χ3v) is 9.98. The van der Waals surface area contributed by atoms with Gasteiger partial charge in [-0.2, -0.15) is 0 Å². The van der Waals surface area contributed by atoms with Crippen molar-refractivity contribution in [1.82, 2.24) is 0 Å². The predicted molar refractivity (Wildman–Crippen MR) is 188 cm³/mol. The summed E-state index contributed by atoms with van der Waals surface area (Å²) in [6, 6.07) is 58.0. The van der Waals surface area contributed by atoms with E-state index in [4.69, 9.17) is 0 Å². The first-order chi connectivity index (χ1) is 21.3. The summed E-state index contributed by atoms with van der Waals surface area (Å²) in [5.41, 5.74) is 7.61. The molecule has 0 N–H and O–H groups in total. The maximum Gasteiger partial charge on any atom is 0.0361 e. The summed E-state index contributed by atoms with van der Waals surface area (Å²) in [4.78, 5) is 0. The Kier molecular flexibility index (Phi) is 5.47. The number of benzene rings is 8. The molecule has 1 heterocycles. The molecule has 0 unspecified atom stereocenters. The van der Waals surface area contributed by atoms with Crippen LogP contribution >= 0.6 is 11.3 Å². The lowest BCUT2D eigenvalue weighted by molar-refractivity contribution is 1.63. The van der Waals surface area contributed by atoms with Crippen LogP contribution < -0.4 is 0 Å². The molecule has 0 bridgehead atoms. The van der Waals surface area contributed by atoms with Crippen molar-refractivity contribution in [2.45, 2.75) is 0 Å². The standard InChI is InChI=1S/C42H26S/c1-2-15-31-27(11-1)12-10-21-32(31)28-13-9-14-29(25-28)41-35-17-3-5-19-37(35)42(38-20-6-4-18-36(38)41)30-23-24-34-33-16-7-8-22-39(33)43-40(34)26-30/h1-26H. The molecule has 200 valence electrons. The molecule has 9 rings (SSSR count). The van der Waals surface area contributed by atoms with Gasteiger partial charge in [0, 0.05) is 20.2 Å². The quantitative estimate of drug-likeness (QED) is 0.188. The average Bonchev–Trinajstić information content (AvgIpc) is 3.45. The number of fused-ring (bicyclic) bond motifs is 6. The molecule has 0 radical (unpaired) electrons. The largest absolute Gasteiger partial charge is 0.135 e. The van der Waals surface area contributed by atoms with E-state index in [1.54, 1.807) is 0 Å². The lowest BCUT2D eigenvalue weighted by atomic mass is 9.85. The summed E-state index contributed by atoms with van der Waals surface area (Å²) in [6.07, 6.45) is 0. The van der Waals surface area contributed by atoms with Crippen LogP contribution in [-0.2, 0) is 0 Å². The molecule has 0 saturated carbocycles. The Morgan fingerprint density at radius 1 is 0.302 bits per heavy atom. The van der Waals surface area contributed by atoms with Gasteiger partial charge in [0.15, 0.2) is 0 Å². The van der Waals surface area contributed by atoms with Crippen molar-refractivity contribution in [1.29, 1.82) is 0 Å². The van der Waals surface area contributed by atoms with Gasteiger partial charge in [0.1, 0.15) is 0 Å². The highest BCUT2D eigenvalue weighted by Crippen LogP contribution is 2.46. The summed E-state index contributed by atoms with van der Waals surface area (Å²) in [5.74, 6) is 0. The topological polar surface area (TPSA) is 0 Å². The minimum Gasteiger partial charge on any atom is -0.135 e. The third-order valence-electron chi connectivity index (χ3n) is 8.85. The molecule has 8 aromatic carbocycles. The van der Waals surface area contributed by atoms with Gasteiger partial charge < -0.3 is 0 Å². The molecule has 0 fully saturated rings. The lowest BCUT2D eigenvalue weighted by Gasteiger charge is -2.18. The number of hydrogen-bond acceptors (Lipinski definition) is 1. The number of hydrogen-bond donors (Lipinski definition) is 0. The van der Waals surface area contributed by atoms with E-state index in [1.165, 1.54) is 85.9 Å². The van der Waals surface area contributed by atoms with Crippen LogP contribution in [0.2, 0.25) is 0 Å². The van der Waals surface area contributed by atoms with Crippen molar-refractivity contribution in [3.63, 3.8) is 0 Å². The fraction of sp³-hybridized carbons (Fsp3) is 0. The fourth-order valence-corrected chi connectivity index (χ4v) is 8.10. The SMILES string of the molecule is c1cc(-c2cccc3ccccc23)cc(-c2c3ccccc3c(-c3ccc4c(c3)sc3ccccc34)c3ccccc23)c1. The highest BCUT2D eigenvalue weighted by molar-refractivity contribution is 7.25. The van der Waals surface area contributed by atoms with E-state index in [0.717, 1.165) is 0 Å². The van der Waals surface area contributed by atoms with Crippen LogP contribution in [0.25, 0.3) is 85.9 Å². The summed E-state index contributed by atoms with van der Waals surface area (Å²) in [6.45, 7) is 0. The van der Waals surface area contributed by atoms with Crippen LogP contribution in [-0.4, -0.2) is 0 Å². The predicted octanol–water partition coefficient (Wildman–Crippen LogP) is 12.5. The first-order valence-electron chi connectivity index (χ1n) is 14.8. The monoisotopic (exact) mass is 562 g/mol. The van der Waals surface area contributed by atoms with Crippen molar-refractivity contribution in [2.75, 3.05) is 0 Å².